The molecule has 0 heterocycles. The Bertz CT molecular complexity index is 602. The quantitative estimate of drug-likeness (QED) is 0.831. The Morgan fingerprint density at radius 3 is 2.55 bits per heavy atom. The first-order chi connectivity index (χ1) is 9.72. The van der Waals surface area contributed by atoms with E-state index < -0.39 is 0 Å². The van der Waals surface area contributed by atoms with E-state index in [9.17, 15) is 0 Å². The minimum Gasteiger partial charge on any atom is -0.495 e. The molecule has 0 saturated carbocycles. The number of methoxy groups -OCH3 is 1. The van der Waals surface area contributed by atoms with Gasteiger partial charge >= 0.3 is 0 Å². The van der Waals surface area contributed by atoms with Crippen LogP contribution in [-0.4, -0.2) is 13.2 Å². The van der Waals surface area contributed by atoms with Crippen molar-refractivity contribution in [2.75, 3.05) is 7.11 Å². The minimum atomic E-state index is 0.0510. The molecular weight excluding hydrogens is 250 g/mol. The lowest BCUT2D eigenvalue weighted by atomic mass is 10.1. The Kier molecular flexibility index (Phi) is 4.62. The molecule has 2 rings (SSSR count). The Morgan fingerprint density at radius 1 is 1.15 bits per heavy atom. The predicted octanol–water partition coefficient (Wildman–Crippen LogP) is 3.58. The summed E-state index contributed by atoms with van der Waals surface area (Å²) in [4.78, 5) is 0. The minimum absolute atomic E-state index is 0.0510. The summed E-state index contributed by atoms with van der Waals surface area (Å²) in [6.45, 7) is 2.03. The summed E-state index contributed by atoms with van der Waals surface area (Å²) in [5, 5.41) is 8.95. The normalized spacial score (nSPS) is 11.4. The summed E-state index contributed by atoms with van der Waals surface area (Å²) in [5.41, 5.74) is 1.75. The van der Waals surface area contributed by atoms with Gasteiger partial charge in [0, 0.05) is 12.5 Å². The zero-order chi connectivity index (χ0) is 14.4. The molecule has 0 spiro atoms. The van der Waals surface area contributed by atoms with Gasteiger partial charge in [-0.25, -0.2) is 0 Å². The average Bonchev–Trinajstić information content (AvgIpc) is 2.48. The van der Waals surface area contributed by atoms with Crippen molar-refractivity contribution < 1.29 is 9.47 Å². The molecule has 0 amide bonds. The van der Waals surface area contributed by atoms with Crippen LogP contribution in [-0.2, 0) is 6.42 Å². The third kappa shape index (κ3) is 3.52. The van der Waals surface area contributed by atoms with E-state index in [4.69, 9.17) is 14.7 Å². The van der Waals surface area contributed by atoms with Crippen LogP contribution in [0.25, 0.3) is 0 Å². The van der Waals surface area contributed by atoms with E-state index >= 15 is 0 Å². The monoisotopic (exact) mass is 267 g/mol. The lowest BCUT2D eigenvalue weighted by Crippen LogP contribution is -2.15. The number of ether oxygens (including phenoxy) is 2. The van der Waals surface area contributed by atoms with Gasteiger partial charge in [0.25, 0.3) is 0 Å². The molecule has 2 aromatic carbocycles. The highest BCUT2D eigenvalue weighted by Crippen LogP contribution is 2.25. The van der Waals surface area contributed by atoms with E-state index in [-0.39, 0.29) is 6.10 Å². The second kappa shape index (κ2) is 6.63. The number of nitriles is 1. The largest absolute Gasteiger partial charge is 0.495 e. The molecule has 0 bridgehead atoms. The lowest BCUT2D eigenvalue weighted by Gasteiger charge is -2.15. The van der Waals surface area contributed by atoms with Crippen LogP contribution < -0.4 is 9.47 Å². The van der Waals surface area contributed by atoms with E-state index in [0.29, 0.717) is 17.1 Å². The van der Waals surface area contributed by atoms with Gasteiger partial charge in [0.1, 0.15) is 17.6 Å². The van der Waals surface area contributed by atoms with Gasteiger partial charge in [-0.3, -0.25) is 0 Å². The molecule has 1 atom stereocenters. The molecule has 0 aliphatic heterocycles. The Balaban J connectivity index is 2.05. The standard InChI is InChI=1S/C17H17NO2/c1-13(10-14-6-4-3-5-7-14)20-16-9-8-15(12-18)17(11-16)19-2/h3-9,11,13H,10H2,1-2H3. The maximum absolute atomic E-state index is 8.95. The summed E-state index contributed by atoms with van der Waals surface area (Å²) < 4.78 is 11.0. The van der Waals surface area contributed by atoms with Crippen LogP contribution in [0.1, 0.15) is 18.1 Å². The number of nitrogens with zero attached hydrogens (tertiary/aromatic N) is 1. The van der Waals surface area contributed by atoms with Gasteiger partial charge in [0.2, 0.25) is 0 Å². The Morgan fingerprint density at radius 2 is 1.90 bits per heavy atom. The van der Waals surface area contributed by atoms with E-state index in [1.807, 2.05) is 25.1 Å². The molecule has 0 radical (unpaired) electrons. The van der Waals surface area contributed by atoms with Gasteiger partial charge in [0.15, 0.2) is 0 Å². The van der Waals surface area contributed by atoms with Crippen LogP contribution in [0.5, 0.6) is 11.5 Å². The second-order valence-electron chi connectivity index (χ2n) is 4.59. The lowest BCUT2D eigenvalue weighted by molar-refractivity contribution is 0.221. The van der Waals surface area contributed by atoms with E-state index in [0.717, 1.165) is 6.42 Å². The second-order valence-corrected chi connectivity index (χ2v) is 4.59. The fourth-order valence-corrected chi connectivity index (χ4v) is 2.06. The maximum Gasteiger partial charge on any atom is 0.140 e. The van der Waals surface area contributed by atoms with Crippen molar-refractivity contribution in [1.82, 2.24) is 0 Å². The number of hydrogen-bond acceptors (Lipinski definition) is 3. The molecular formula is C17H17NO2. The van der Waals surface area contributed by atoms with Crippen molar-refractivity contribution in [3.05, 3.63) is 59.7 Å². The first kappa shape index (κ1) is 14.0. The van der Waals surface area contributed by atoms with Crippen molar-refractivity contribution in [2.24, 2.45) is 0 Å². The van der Waals surface area contributed by atoms with Gasteiger partial charge in [-0.1, -0.05) is 30.3 Å². The summed E-state index contributed by atoms with van der Waals surface area (Å²) in [6, 6.07) is 17.5. The molecule has 3 heteroatoms. The van der Waals surface area contributed by atoms with Crippen LogP contribution >= 0.6 is 0 Å². The van der Waals surface area contributed by atoms with E-state index in [1.54, 1.807) is 25.3 Å². The maximum atomic E-state index is 8.95. The zero-order valence-electron chi connectivity index (χ0n) is 11.7. The summed E-state index contributed by atoms with van der Waals surface area (Å²) in [7, 11) is 1.55. The fraction of sp³-hybridized carbons (Fsp3) is 0.235. The summed E-state index contributed by atoms with van der Waals surface area (Å²) >= 11 is 0. The van der Waals surface area contributed by atoms with Crippen LogP contribution in [0, 0.1) is 11.3 Å². The van der Waals surface area contributed by atoms with Crippen LogP contribution in [0.4, 0.5) is 0 Å². The Labute approximate surface area is 119 Å². The highest BCUT2D eigenvalue weighted by Gasteiger charge is 2.08. The molecule has 0 aliphatic carbocycles. The number of rotatable bonds is 5. The number of hydrogen-bond donors (Lipinski definition) is 0. The van der Waals surface area contributed by atoms with Crippen LogP contribution in [0.15, 0.2) is 48.5 Å². The topological polar surface area (TPSA) is 42.2 Å². The highest BCUT2D eigenvalue weighted by molar-refractivity contribution is 5.47. The van der Waals surface area contributed by atoms with Crippen molar-refractivity contribution >= 4 is 0 Å². The summed E-state index contributed by atoms with van der Waals surface area (Å²) in [5.74, 6) is 1.25. The van der Waals surface area contributed by atoms with Gasteiger partial charge in [-0.15, -0.1) is 0 Å². The average molecular weight is 267 g/mol. The first-order valence-electron chi connectivity index (χ1n) is 6.51. The molecule has 0 N–H and O–H groups in total. The molecule has 1 unspecified atom stereocenters. The predicted molar refractivity (Wildman–Crippen MR) is 77.9 cm³/mol. The third-order valence-corrected chi connectivity index (χ3v) is 3.00. The molecule has 2 aromatic rings. The van der Waals surface area contributed by atoms with Gasteiger partial charge in [-0.05, 0) is 24.6 Å². The Hall–Kier alpha value is -2.47. The van der Waals surface area contributed by atoms with Crippen molar-refractivity contribution in [3.8, 4) is 17.6 Å². The fourth-order valence-electron chi connectivity index (χ4n) is 2.06. The van der Waals surface area contributed by atoms with Crippen molar-refractivity contribution in [2.45, 2.75) is 19.4 Å². The van der Waals surface area contributed by atoms with Crippen LogP contribution in [0.2, 0.25) is 0 Å². The number of benzene rings is 2. The molecule has 0 aliphatic rings. The van der Waals surface area contributed by atoms with Crippen LogP contribution in [0.3, 0.4) is 0 Å². The van der Waals surface area contributed by atoms with E-state index in [1.165, 1.54) is 5.56 Å². The molecule has 0 fully saturated rings. The summed E-state index contributed by atoms with van der Waals surface area (Å²) in [6.07, 6.45) is 0.887. The van der Waals surface area contributed by atoms with Gasteiger partial charge < -0.3 is 9.47 Å². The van der Waals surface area contributed by atoms with Gasteiger partial charge in [-0.2, -0.15) is 5.26 Å². The third-order valence-electron chi connectivity index (χ3n) is 3.00. The molecule has 20 heavy (non-hydrogen) atoms. The molecule has 3 nitrogen and oxygen atoms in total. The van der Waals surface area contributed by atoms with E-state index in [2.05, 4.69) is 18.2 Å². The first-order valence-corrected chi connectivity index (χ1v) is 6.51. The molecule has 0 saturated heterocycles. The molecule has 0 aromatic heterocycles. The smallest absolute Gasteiger partial charge is 0.140 e. The highest BCUT2D eigenvalue weighted by atomic mass is 16.5. The molecule has 102 valence electrons. The zero-order valence-corrected chi connectivity index (χ0v) is 11.7. The van der Waals surface area contributed by atoms with Crippen molar-refractivity contribution in [3.63, 3.8) is 0 Å². The van der Waals surface area contributed by atoms with Crippen molar-refractivity contribution in [1.29, 1.82) is 5.26 Å². The van der Waals surface area contributed by atoms with Gasteiger partial charge in [0.05, 0.1) is 18.8 Å². The SMILES string of the molecule is COc1cc(OC(C)Cc2ccccc2)ccc1C#N.